The topological polar surface area (TPSA) is 64.1 Å². The first-order valence-electron chi connectivity index (χ1n) is 11.9. The highest BCUT2D eigenvalue weighted by Gasteiger charge is 2.28. The number of ether oxygens (including phenoxy) is 1. The van der Waals surface area contributed by atoms with Crippen molar-refractivity contribution >= 4 is 23.2 Å². The number of anilines is 1. The van der Waals surface area contributed by atoms with Crippen molar-refractivity contribution < 1.29 is 18.3 Å². The van der Waals surface area contributed by atoms with Crippen LogP contribution in [0.3, 0.4) is 0 Å². The number of halogens is 3. The fraction of sp³-hybridized carbons (Fsp3) is 0.207. The molecule has 1 N–H and O–H groups in total. The van der Waals surface area contributed by atoms with Gasteiger partial charge in [-0.3, -0.25) is 4.79 Å². The molecule has 0 fully saturated rings. The molecule has 0 saturated carbocycles. The maximum Gasteiger partial charge on any atom is 0.273 e. The van der Waals surface area contributed by atoms with Crippen molar-refractivity contribution in [2.75, 3.05) is 5.32 Å². The van der Waals surface area contributed by atoms with Crippen molar-refractivity contribution in [1.29, 1.82) is 0 Å². The highest BCUT2D eigenvalue weighted by atomic mass is 35.5. The van der Waals surface area contributed by atoms with E-state index < -0.39 is 5.92 Å². The van der Waals surface area contributed by atoms with Crippen LogP contribution in [-0.4, -0.2) is 15.9 Å². The summed E-state index contributed by atoms with van der Waals surface area (Å²) in [7, 11) is 0. The van der Waals surface area contributed by atoms with Crippen molar-refractivity contribution in [3.8, 4) is 17.1 Å². The highest BCUT2D eigenvalue weighted by molar-refractivity contribution is 6.31. The Hall–Kier alpha value is -3.84. The van der Waals surface area contributed by atoms with Gasteiger partial charge in [0.2, 0.25) is 11.8 Å². The van der Waals surface area contributed by atoms with E-state index in [2.05, 4.69) is 15.3 Å². The first-order chi connectivity index (χ1) is 17.8. The Morgan fingerprint density at radius 2 is 1.68 bits per heavy atom. The van der Waals surface area contributed by atoms with Crippen LogP contribution in [0.25, 0.3) is 11.3 Å². The van der Waals surface area contributed by atoms with Crippen molar-refractivity contribution in [2.45, 2.75) is 38.7 Å². The first-order valence-corrected chi connectivity index (χ1v) is 12.2. The van der Waals surface area contributed by atoms with Crippen LogP contribution >= 0.6 is 11.6 Å². The number of hydrogen-bond donors (Lipinski definition) is 1. The number of nitrogens with one attached hydrogen (secondary N) is 1. The number of rotatable bonds is 9. The van der Waals surface area contributed by atoms with Gasteiger partial charge < -0.3 is 10.1 Å². The lowest BCUT2D eigenvalue weighted by atomic mass is 10.0. The minimum atomic E-state index is -2.87. The van der Waals surface area contributed by atoms with Crippen molar-refractivity contribution in [1.82, 2.24) is 9.97 Å². The third kappa shape index (κ3) is 6.49. The van der Waals surface area contributed by atoms with Gasteiger partial charge in [0.15, 0.2) is 0 Å². The molecule has 4 aromatic rings. The molecule has 4 rings (SSSR count). The summed E-state index contributed by atoms with van der Waals surface area (Å²) in [5.74, 6) is -2.76. The van der Waals surface area contributed by atoms with E-state index in [0.717, 1.165) is 11.1 Å². The molecule has 0 radical (unpaired) electrons. The summed E-state index contributed by atoms with van der Waals surface area (Å²) in [5.41, 5.74) is 3.36. The summed E-state index contributed by atoms with van der Waals surface area (Å²) >= 11 is 6.30. The van der Waals surface area contributed by atoms with Crippen LogP contribution < -0.4 is 10.1 Å². The van der Waals surface area contributed by atoms with Gasteiger partial charge in [0.1, 0.15) is 11.8 Å². The summed E-state index contributed by atoms with van der Waals surface area (Å²) in [6.45, 7) is 3.33. The molecule has 0 bridgehead atoms. The molecule has 1 aromatic heterocycles. The molecular weight excluding hydrogens is 496 g/mol. The lowest BCUT2D eigenvalue weighted by Crippen LogP contribution is -2.15. The second kappa shape index (κ2) is 11.5. The maximum absolute atomic E-state index is 13.8. The maximum atomic E-state index is 13.8. The summed E-state index contributed by atoms with van der Waals surface area (Å²) in [6.07, 6.45) is 2.60. The molecule has 1 amide bonds. The van der Waals surface area contributed by atoms with Crippen LogP contribution in [0.4, 0.5) is 14.5 Å². The lowest BCUT2D eigenvalue weighted by Gasteiger charge is -2.17. The number of carbonyl (C=O) groups excluding carboxylic acids is 1. The summed E-state index contributed by atoms with van der Waals surface area (Å²) in [6, 6.07) is 20.5. The quantitative estimate of drug-likeness (QED) is 0.246. The van der Waals surface area contributed by atoms with Crippen LogP contribution in [0.1, 0.15) is 43.1 Å². The third-order valence-corrected chi connectivity index (χ3v) is 6.27. The molecule has 37 heavy (non-hydrogen) atoms. The molecular formula is C29H26ClF2N3O2. The zero-order valence-corrected chi connectivity index (χ0v) is 21.2. The van der Waals surface area contributed by atoms with Crippen molar-refractivity contribution in [2.24, 2.45) is 0 Å². The highest BCUT2D eigenvalue weighted by Crippen LogP contribution is 2.33. The van der Waals surface area contributed by atoms with E-state index in [1.54, 1.807) is 42.7 Å². The molecule has 5 nitrogen and oxygen atoms in total. The Bertz CT molecular complexity index is 1360. The summed E-state index contributed by atoms with van der Waals surface area (Å²) in [5, 5.41) is 3.44. The Labute approximate surface area is 219 Å². The van der Waals surface area contributed by atoms with E-state index in [0.29, 0.717) is 27.8 Å². The molecule has 3 aromatic carbocycles. The molecule has 0 saturated heterocycles. The van der Waals surface area contributed by atoms with Gasteiger partial charge in [-0.25, -0.2) is 18.7 Å². The zero-order chi connectivity index (χ0) is 26.4. The first kappa shape index (κ1) is 26.2. The normalized spacial score (nSPS) is 12.1. The molecule has 0 unspecified atom stereocenters. The van der Waals surface area contributed by atoms with Crippen molar-refractivity contribution in [3.63, 3.8) is 0 Å². The molecule has 0 aliphatic rings. The van der Waals surface area contributed by atoms with E-state index >= 15 is 0 Å². The number of aromatic nitrogens is 2. The minimum Gasteiger partial charge on any atom is -0.468 e. The van der Waals surface area contributed by atoms with Gasteiger partial charge in [-0.05, 0) is 30.7 Å². The lowest BCUT2D eigenvalue weighted by molar-refractivity contribution is -0.115. The Kier molecular flexibility index (Phi) is 8.14. The van der Waals surface area contributed by atoms with Gasteiger partial charge in [-0.2, -0.15) is 0 Å². The van der Waals surface area contributed by atoms with Gasteiger partial charge in [-0.15, -0.1) is 0 Å². The molecule has 0 aliphatic heterocycles. The van der Waals surface area contributed by atoms with Crippen LogP contribution in [-0.2, 0) is 17.1 Å². The molecule has 0 spiro atoms. The number of carbonyl (C=O) groups is 1. The Morgan fingerprint density at radius 1 is 1.00 bits per heavy atom. The summed E-state index contributed by atoms with van der Waals surface area (Å²) in [4.78, 5) is 21.3. The van der Waals surface area contributed by atoms with E-state index in [4.69, 9.17) is 16.3 Å². The Balaban J connectivity index is 1.42. The van der Waals surface area contributed by atoms with Crippen LogP contribution in [0.15, 0.2) is 85.2 Å². The summed E-state index contributed by atoms with van der Waals surface area (Å²) < 4.78 is 33.7. The van der Waals surface area contributed by atoms with E-state index in [-0.39, 0.29) is 30.4 Å². The molecule has 0 aliphatic carbocycles. The zero-order valence-electron chi connectivity index (χ0n) is 20.4. The van der Waals surface area contributed by atoms with Gasteiger partial charge in [0.05, 0.1) is 6.42 Å². The van der Waals surface area contributed by atoms with E-state index in [1.165, 1.54) is 19.1 Å². The number of hydrogen-bond acceptors (Lipinski definition) is 4. The van der Waals surface area contributed by atoms with Gasteiger partial charge in [-0.1, -0.05) is 73.1 Å². The standard InChI is InChI=1S/C29H26ClF2N3O2/c1-3-29(31,32)22-12-8-20(9-13-22)18-26(36)35-23-14-10-21(11-15-23)27-28(34-17-16-33-27)37-19(2)24-6-4-5-7-25(24)30/h4-17,19H,3,18H2,1-2H3,(H,35,36)/t19-/m1/s1. The van der Waals surface area contributed by atoms with E-state index in [9.17, 15) is 13.6 Å². The monoisotopic (exact) mass is 521 g/mol. The average Bonchev–Trinajstić information content (AvgIpc) is 2.90. The fourth-order valence-electron chi connectivity index (χ4n) is 3.82. The van der Waals surface area contributed by atoms with Crippen LogP contribution in [0, 0.1) is 0 Å². The molecule has 8 heteroatoms. The molecule has 1 heterocycles. The number of alkyl halides is 2. The minimum absolute atomic E-state index is 0.0524. The van der Waals surface area contributed by atoms with Crippen LogP contribution in [0.2, 0.25) is 5.02 Å². The van der Waals surface area contributed by atoms with E-state index in [1.807, 2.05) is 37.3 Å². The number of benzene rings is 3. The fourth-order valence-corrected chi connectivity index (χ4v) is 4.11. The SMILES string of the molecule is CCC(F)(F)c1ccc(CC(=O)Nc2ccc(-c3nccnc3O[C@H](C)c3ccccc3Cl)cc2)cc1. The average molecular weight is 522 g/mol. The molecule has 190 valence electrons. The smallest absolute Gasteiger partial charge is 0.273 e. The third-order valence-electron chi connectivity index (χ3n) is 5.92. The van der Waals surface area contributed by atoms with Gasteiger partial charge >= 0.3 is 0 Å². The van der Waals surface area contributed by atoms with Gasteiger partial charge in [0, 0.05) is 46.2 Å². The predicted molar refractivity (Wildman–Crippen MR) is 141 cm³/mol. The second-order valence-corrected chi connectivity index (χ2v) is 8.96. The van der Waals surface area contributed by atoms with Crippen molar-refractivity contribution in [3.05, 3.63) is 107 Å². The number of amides is 1. The Morgan fingerprint density at radius 3 is 2.35 bits per heavy atom. The largest absolute Gasteiger partial charge is 0.468 e. The number of nitrogens with zero attached hydrogens (tertiary/aromatic N) is 2. The molecule has 1 atom stereocenters. The van der Waals surface area contributed by atoms with Crippen LogP contribution in [0.5, 0.6) is 5.88 Å². The second-order valence-electron chi connectivity index (χ2n) is 8.55. The van der Waals surface area contributed by atoms with Gasteiger partial charge in [0.25, 0.3) is 5.92 Å². The predicted octanol–water partition coefficient (Wildman–Crippen LogP) is 7.62.